The van der Waals surface area contributed by atoms with Gasteiger partial charge in [0.15, 0.2) is 28.8 Å². The fourth-order valence-electron chi connectivity index (χ4n) is 5.19. The number of esters is 1. The SMILES string of the molecule is COC(=O)c1ccc(OC2CCCc3c(C#N)nn(-c4ccc(F)c(O[C@@H](C)c5ccc6c(c5)OC(F)(F)O6)c4)c32)cc1. The van der Waals surface area contributed by atoms with Gasteiger partial charge in [-0.25, -0.2) is 13.9 Å². The van der Waals surface area contributed by atoms with Crippen molar-refractivity contribution in [3.05, 3.63) is 94.6 Å². The highest BCUT2D eigenvalue weighted by atomic mass is 19.3. The van der Waals surface area contributed by atoms with Crippen molar-refractivity contribution in [2.45, 2.75) is 44.7 Å². The van der Waals surface area contributed by atoms with Crippen molar-refractivity contribution in [1.82, 2.24) is 9.78 Å². The second kappa shape index (κ2) is 10.9. The van der Waals surface area contributed by atoms with Crippen molar-refractivity contribution in [3.63, 3.8) is 0 Å². The highest BCUT2D eigenvalue weighted by molar-refractivity contribution is 5.89. The molecule has 3 aromatic carbocycles. The van der Waals surface area contributed by atoms with E-state index in [-0.39, 0.29) is 22.9 Å². The molecule has 0 spiro atoms. The second-order valence-electron chi connectivity index (χ2n) is 10.00. The van der Waals surface area contributed by atoms with Crippen LogP contribution in [0.2, 0.25) is 0 Å². The quantitative estimate of drug-likeness (QED) is 0.222. The number of carbonyl (C=O) groups excluding carboxylic acids is 1. The molecule has 0 bridgehead atoms. The minimum atomic E-state index is -3.76. The average molecular weight is 592 g/mol. The molecule has 2 aliphatic rings. The maximum absolute atomic E-state index is 15.0. The van der Waals surface area contributed by atoms with Crippen molar-refractivity contribution >= 4 is 5.97 Å². The third kappa shape index (κ3) is 5.41. The molecule has 4 aromatic rings. The number of benzene rings is 3. The number of aromatic nitrogens is 2. The van der Waals surface area contributed by atoms with Gasteiger partial charge in [0, 0.05) is 11.6 Å². The monoisotopic (exact) mass is 591 g/mol. The molecule has 1 aliphatic heterocycles. The van der Waals surface area contributed by atoms with E-state index in [2.05, 4.69) is 20.6 Å². The van der Waals surface area contributed by atoms with Crippen molar-refractivity contribution in [2.75, 3.05) is 7.11 Å². The first-order valence-corrected chi connectivity index (χ1v) is 13.4. The van der Waals surface area contributed by atoms with Gasteiger partial charge in [0.1, 0.15) is 24.0 Å². The molecule has 0 N–H and O–H groups in total. The van der Waals surface area contributed by atoms with Gasteiger partial charge in [-0.15, -0.1) is 8.78 Å². The number of carbonyl (C=O) groups is 1. The van der Waals surface area contributed by atoms with E-state index in [0.29, 0.717) is 41.1 Å². The first-order chi connectivity index (χ1) is 20.7. The zero-order valence-electron chi connectivity index (χ0n) is 23.0. The summed E-state index contributed by atoms with van der Waals surface area (Å²) >= 11 is 0. The van der Waals surface area contributed by atoms with E-state index in [0.717, 1.165) is 12.0 Å². The summed E-state index contributed by atoms with van der Waals surface area (Å²) < 4.78 is 69.3. The molecule has 220 valence electrons. The molecular formula is C31H24F3N3O6. The number of hydrogen-bond donors (Lipinski definition) is 0. The minimum absolute atomic E-state index is 0.109. The van der Waals surface area contributed by atoms with Crippen LogP contribution in [0.25, 0.3) is 5.69 Å². The van der Waals surface area contributed by atoms with Gasteiger partial charge in [-0.2, -0.15) is 10.4 Å². The van der Waals surface area contributed by atoms with E-state index in [1.807, 2.05) is 0 Å². The van der Waals surface area contributed by atoms with Gasteiger partial charge < -0.3 is 23.7 Å². The Morgan fingerprint density at radius 1 is 1.12 bits per heavy atom. The van der Waals surface area contributed by atoms with Crippen LogP contribution in [-0.4, -0.2) is 29.2 Å². The summed E-state index contributed by atoms with van der Waals surface area (Å²) in [6.07, 6.45) is -2.99. The van der Waals surface area contributed by atoms with Gasteiger partial charge in [0.25, 0.3) is 0 Å². The molecule has 2 atom stereocenters. The summed E-state index contributed by atoms with van der Waals surface area (Å²) in [6, 6.07) is 17.1. The van der Waals surface area contributed by atoms with E-state index < -0.39 is 30.3 Å². The lowest BCUT2D eigenvalue weighted by Gasteiger charge is -2.25. The molecule has 6 rings (SSSR count). The summed E-state index contributed by atoms with van der Waals surface area (Å²) in [5.74, 6) is -0.972. The van der Waals surface area contributed by atoms with Crippen molar-refractivity contribution in [2.24, 2.45) is 0 Å². The summed E-state index contributed by atoms with van der Waals surface area (Å²) in [5, 5.41) is 14.3. The summed E-state index contributed by atoms with van der Waals surface area (Å²) in [5.41, 5.74) is 2.90. The van der Waals surface area contributed by atoms with Crippen LogP contribution in [0.4, 0.5) is 13.2 Å². The van der Waals surface area contributed by atoms with Gasteiger partial charge in [0.05, 0.1) is 24.1 Å². The molecule has 2 heterocycles. The van der Waals surface area contributed by atoms with E-state index in [9.17, 15) is 23.2 Å². The lowest BCUT2D eigenvalue weighted by Crippen LogP contribution is -2.25. The number of alkyl halides is 2. The maximum Gasteiger partial charge on any atom is 0.586 e. The number of rotatable bonds is 7. The Kier molecular flexibility index (Phi) is 7.09. The Morgan fingerprint density at radius 3 is 2.63 bits per heavy atom. The van der Waals surface area contributed by atoms with Crippen LogP contribution < -0.4 is 18.9 Å². The molecular weight excluding hydrogens is 567 g/mol. The Hall–Kier alpha value is -5.18. The minimum Gasteiger partial charge on any atom is -0.484 e. The standard InChI is InChI=1S/C31H24F3N3O6/c1-17(19-8-13-25-28(14-19)43-31(33,34)42-25)40-27-15-20(9-12-23(27)32)37-29-22(24(16-35)36-37)4-3-5-26(29)41-21-10-6-18(7-11-21)30(38)39-2/h6-15,17,26H,3-5H2,1-2H3/t17-,26?/m0/s1. The van der Waals surface area contributed by atoms with Gasteiger partial charge in [0.2, 0.25) is 0 Å². The zero-order chi connectivity index (χ0) is 30.3. The number of methoxy groups -OCH3 is 1. The second-order valence-corrected chi connectivity index (χ2v) is 10.00. The number of nitriles is 1. The lowest BCUT2D eigenvalue weighted by molar-refractivity contribution is -0.286. The van der Waals surface area contributed by atoms with E-state index in [4.69, 9.17) is 14.2 Å². The van der Waals surface area contributed by atoms with Crippen molar-refractivity contribution < 1.29 is 41.7 Å². The van der Waals surface area contributed by atoms with Crippen molar-refractivity contribution in [1.29, 1.82) is 5.26 Å². The first kappa shape index (κ1) is 28.0. The van der Waals surface area contributed by atoms with Crippen LogP contribution in [0.3, 0.4) is 0 Å². The highest BCUT2D eigenvalue weighted by Gasteiger charge is 2.43. The molecule has 0 amide bonds. The molecule has 9 nitrogen and oxygen atoms in total. The normalized spacial score (nSPS) is 17.0. The predicted molar refractivity (Wildman–Crippen MR) is 144 cm³/mol. The van der Waals surface area contributed by atoms with Crippen LogP contribution in [0.5, 0.6) is 23.0 Å². The number of fused-ring (bicyclic) bond motifs is 2. The molecule has 1 aromatic heterocycles. The van der Waals surface area contributed by atoms with Crippen LogP contribution in [0.1, 0.15) is 64.8 Å². The molecule has 43 heavy (non-hydrogen) atoms. The number of halogens is 3. The largest absolute Gasteiger partial charge is 0.586 e. The molecule has 0 fully saturated rings. The maximum atomic E-state index is 15.0. The Balaban J connectivity index is 1.29. The molecule has 0 saturated heterocycles. The predicted octanol–water partition coefficient (Wildman–Crippen LogP) is 6.59. The fraction of sp³-hybridized carbons (Fsp3) is 0.258. The topological polar surface area (TPSA) is 105 Å². The fourth-order valence-corrected chi connectivity index (χ4v) is 5.19. The van der Waals surface area contributed by atoms with Crippen LogP contribution in [0, 0.1) is 17.1 Å². The van der Waals surface area contributed by atoms with E-state index in [1.54, 1.807) is 35.9 Å². The summed E-state index contributed by atoms with van der Waals surface area (Å²) in [6.45, 7) is 1.64. The Labute approximate surface area is 243 Å². The first-order valence-electron chi connectivity index (χ1n) is 13.4. The average Bonchev–Trinajstić information content (AvgIpc) is 3.54. The van der Waals surface area contributed by atoms with Crippen LogP contribution >= 0.6 is 0 Å². The third-order valence-electron chi connectivity index (χ3n) is 7.24. The van der Waals surface area contributed by atoms with Gasteiger partial charge >= 0.3 is 12.3 Å². The van der Waals surface area contributed by atoms with Crippen LogP contribution in [-0.2, 0) is 11.2 Å². The van der Waals surface area contributed by atoms with E-state index >= 15 is 0 Å². The third-order valence-corrected chi connectivity index (χ3v) is 7.24. The van der Waals surface area contributed by atoms with E-state index in [1.165, 1.54) is 43.5 Å². The smallest absolute Gasteiger partial charge is 0.484 e. The van der Waals surface area contributed by atoms with Crippen LogP contribution in [0.15, 0.2) is 60.7 Å². The summed E-state index contributed by atoms with van der Waals surface area (Å²) in [7, 11) is 1.30. The Morgan fingerprint density at radius 2 is 1.88 bits per heavy atom. The van der Waals surface area contributed by atoms with Crippen molar-refractivity contribution in [3.8, 4) is 34.8 Å². The summed E-state index contributed by atoms with van der Waals surface area (Å²) in [4.78, 5) is 11.8. The molecule has 1 aliphatic carbocycles. The Bertz CT molecular complexity index is 1750. The molecule has 1 unspecified atom stereocenters. The molecule has 12 heteroatoms. The zero-order valence-corrected chi connectivity index (χ0v) is 23.0. The number of nitrogens with zero attached hydrogens (tertiary/aromatic N) is 3. The van der Waals surface area contributed by atoms with Gasteiger partial charge in [-0.1, -0.05) is 6.07 Å². The number of ether oxygens (including phenoxy) is 5. The molecule has 0 radical (unpaired) electrons. The highest BCUT2D eigenvalue weighted by Crippen LogP contribution is 2.43. The lowest BCUT2D eigenvalue weighted by atomic mass is 9.93. The van der Waals surface area contributed by atoms with Gasteiger partial charge in [-0.05, 0) is 80.3 Å². The van der Waals surface area contributed by atoms with Gasteiger partial charge in [-0.3, -0.25) is 0 Å². The number of hydrogen-bond acceptors (Lipinski definition) is 8. The molecule has 0 saturated carbocycles.